The van der Waals surface area contributed by atoms with E-state index in [9.17, 15) is 4.79 Å². The molecular formula is C13H13NO4. The van der Waals surface area contributed by atoms with Gasteiger partial charge in [0.15, 0.2) is 5.69 Å². The van der Waals surface area contributed by atoms with Gasteiger partial charge in [-0.25, -0.2) is 9.78 Å². The van der Waals surface area contributed by atoms with Gasteiger partial charge in [0.05, 0.1) is 7.11 Å². The molecule has 2 aromatic rings. The molecule has 1 aromatic carbocycles. The van der Waals surface area contributed by atoms with Crippen molar-refractivity contribution in [2.75, 3.05) is 7.11 Å². The minimum atomic E-state index is -1.10. The minimum Gasteiger partial charge on any atom is -0.496 e. The zero-order chi connectivity index (χ0) is 13.3. The van der Waals surface area contributed by atoms with Crippen LogP contribution in [0.3, 0.4) is 0 Å². The number of aryl methyl sites for hydroxylation is 2. The molecule has 5 nitrogen and oxygen atoms in total. The first-order chi connectivity index (χ1) is 8.52. The summed E-state index contributed by atoms with van der Waals surface area (Å²) in [5.74, 6) is -0.0233. The molecule has 0 fully saturated rings. The Hall–Kier alpha value is -2.30. The summed E-state index contributed by atoms with van der Waals surface area (Å²) in [6, 6.07) is 3.74. The zero-order valence-electron chi connectivity index (χ0n) is 10.4. The second-order valence-corrected chi connectivity index (χ2v) is 3.98. The van der Waals surface area contributed by atoms with Crippen molar-refractivity contribution in [3.63, 3.8) is 0 Å². The number of methoxy groups -OCH3 is 1. The van der Waals surface area contributed by atoms with Gasteiger partial charge in [0.1, 0.15) is 12.0 Å². The summed E-state index contributed by atoms with van der Waals surface area (Å²) in [5, 5.41) is 8.81. The zero-order valence-corrected chi connectivity index (χ0v) is 10.4. The molecule has 1 N–H and O–H groups in total. The quantitative estimate of drug-likeness (QED) is 0.902. The highest BCUT2D eigenvalue weighted by Crippen LogP contribution is 2.29. The van der Waals surface area contributed by atoms with E-state index in [2.05, 4.69) is 4.98 Å². The third-order valence-corrected chi connectivity index (χ3v) is 2.70. The van der Waals surface area contributed by atoms with E-state index >= 15 is 0 Å². The Balaban J connectivity index is 2.50. The Morgan fingerprint density at radius 1 is 1.33 bits per heavy atom. The van der Waals surface area contributed by atoms with Gasteiger partial charge in [0.25, 0.3) is 0 Å². The van der Waals surface area contributed by atoms with Gasteiger partial charge in [-0.2, -0.15) is 0 Å². The van der Waals surface area contributed by atoms with Crippen LogP contribution in [0, 0.1) is 13.8 Å². The maximum absolute atomic E-state index is 10.8. The number of carboxylic acids is 1. The van der Waals surface area contributed by atoms with Crippen molar-refractivity contribution in [2.45, 2.75) is 13.8 Å². The first kappa shape index (κ1) is 12.2. The summed E-state index contributed by atoms with van der Waals surface area (Å²) in [6.45, 7) is 3.80. The summed E-state index contributed by atoms with van der Waals surface area (Å²) in [6.07, 6.45) is 1.14. The van der Waals surface area contributed by atoms with Gasteiger partial charge in [-0.1, -0.05) is 0 Å². The third kappa shape index (κ3) is 2.07. The Bertz CT molecular complexity index is 601. The molecule has 94 valence electrons. The number of ether oxygens (including phenoxy) is 1. The lowest BCUT2D eigenvalue weighted by molar-refractivity contribution is 0.0690. The molecule has 0 bridgehead atoms. The molecular weight excluding hydrogens is 234 g/mol. The number of benzene rings is 1. The van der Waals surface area contributed by atoms with Gasteiger partial charge in [-0.3, -0.25) is 0 Å². The molecule has 0 amide bonds. The molecule has 0 spiro atoms. The standard InChI is InChI=1S/C13H13NO4/c1-7-5-11(17-3)8(2)4-9(7)12-14-10(6-18-12)13(15)16/h4-6H,1-3H3,(H,15,16). The maximum Gasteiger partial charge on any atom is 0.357 e. The van der Waals surface area contributed by atoms with Crippen molar-refractivity contribution < 1.29 is 19.1 Å². The number of aromatic nitrogens is 1. The van der Waals surface area contributed by atoms with Crippen LogP contribution in [0.2, 0.25) is 0 Å². The molecule has 0 saturated heterocycles. The summed E-state index contributed by atoms with van der Waals surface area (Å²) < 4.78 is 10.4. The molecule has 0 atom stereocenters. The Morgan fingerprint density at radius 3 is 2.61 bits per heavy atom. The Kier molecular flexibility index (Phi) is 3.06. The second-order valence-electron chi connectivity index (χ2n) is 3.98. The summed E-state index contributed by atoms with van der Waals surface area (Å²) >= 11 is 0. The molecule has 0 aliphatic carbocycles. The molecule has 2 rings (SSSR count). The lowest BCUT2D eigenvalue weighted by Gasteiger charge is -2.08. The van der Waals surface area contributed by atoms with Crippen LogP contribution in [-0.4, -0.2) is 23.2 Å². The fraction of sp³-hybridized carbons (Fsp3) is 0.231. The van der Waals surface area contributed by atoms with Gasteiger partial charge < -0.3 is 14.3 Å². The van der Waals surface area contributed by atoms with E-state index in [1.54, 1.807) is 7.11 Å². The molecule has 0 saturated carbocycles. The SMILES string of the molecule is COc1cc(C)c(-c2nc(C(=O)O)co2)cc1C. The highest BCUT2D eigenvalue weighted by atomic mass is 16.5. The number of hydrogen-bond acceptors (Lipinski definition) is 4. The van der Waals surface area contributed by atoms with Crippen LogP contribution in [0.25, 0.3) is 11.5 Å². The number of aromatic carboxylic acids is 1. The van der Waals surface area contributed by atoms with Crippen LogP contribution < -0.4 is 4.74 Å². The lowest BCUT2D eigenvalue weighted by Crippen LogP contribution is -1.96. The van der Waals surface area contributed by atoms with Crippen molar-refractivity contribution in [2.24, 2.45) is 0 Å². The van der Waals surface area contributed by atoms with Crippen LogP contribution in [0.1, 0.15) is 21.6 Å². The van der Waals surface area contributed by atoms with Crippen LogP contribution >= 0.6 is 0 Å². The Morgan fingerprint density at radius 2 is 2.06 bits per heavy atom. The topological polar surface area (TPSA) is 72.6 Å². The van der Waals surface area contributed by atoms with E-state index in [4.69, 9.17) is 14.3 Å². The second kappa shape index (κ2) is 4.52. The number of carboxylic acid groups (broad SMARTS) is 1. The van der Waals surface area contributed by atoms with E-state index in [1.165, 1.54) is 0 Å². The van der Waals surface area contributed by atoms with Crippen molar-refractivity contribution in [1.82, 2.24) is 4.98 Å². The lowest BCUT2D eigenvalue weighted by atomic mass is 10.0. The summed E-state index contributed by atoms with van der Waals surface area (Å²) in [4.78, 5) is 14.7. The normalized spacial score (nSPS) is 10.4. The van der Waals surface area contributed by atoms with E-state index in [-0.39, 0.29) is 5.69 Å². The van der Waals surface area contributed by atoms with Gasteiger partial charge in [0, 0.05) is 5.56 Å². The predicted molar refractivity (Wildman–Crippen MR) is 64.9 cm³/mol. The number of nitrogens with zero attached hydrogens (tertiary/aromatic N) is 1. The Labute approximate surface area is 104 Å². The number of rotatable bonds is 3. The van der Waals surface area contributed by atoms with Gasteiger partial charge in [-0.15, -0.1) is 0 Å². The van der Waals surface area contributed by atoms with Crippen molar-refractivity contribution in [3.8, 4) is 17.2 Å². The highest BCUT2D eigenvalue weighted by Gasteiger charge is 2.15. The maximum atomic E-state index is 10.8. The first-order valence-corrected chi connectivity index (χ1v) is 5.37. The van der Waals surface area contributed by atoms with Crippen molar-refractivity contribution >= 4 is 5.97 Å². The molecule has 1 aromatic heterocycles. The van der Waals surface area contributed by atoms with E-state index in [0.717, 1.165) is 28.7 Å². The average Bonchev–Trinajstić information content (AvgIpc) is 2.81. The van der Waals surface area contributed by atoms with Crippen LogP contribution in [0.15, 0.2) is 22.8 Å². The molecule has 0 radical (unpaired) electrons. The van der Waals surface area contributed by atoms with Crippen molar-refractivity contribution in [3.05, 3.63) is 35.2 Å². The predicted octanol–water partition coefficient (Wildman–Crippen LogP) is 2.67. The molecule has 5 heteroatoms. The fourth-order valence-corrected chi connectivity index (χ4v) is 1.74. The molecule has 18 heavy (non-hydrogen) atoms. The minimum absolute atomic E-state index is 0.0992. The molecule has 0 aliphatic rings. The van der Waals surface area contributed by atoms with Crippen LogP contribution in [-0.2, 0) is 0 Å². The van der Waals surface area contributed by atoms with E-state index < -0.39 is 5.97 Å². The number of carbonyl (C=O) groups is 1. The van der Waals surface area contributed by atoms with Crippen molar-refractivity contribution in [1.29, 1.82) is 0 Å². The fourth-order valence-electron chi connectivity index (χ4n) is 1.74. The summed E-state index contributed by atoms with van der Waals surface area (Å²) in [5.41, 5.74) is 2.52. The first-order valence-electron chi connectivity index (χ1n) is 5.37. The smallest absolute Gasteiger partial charge is 0.357 e. The number of hydrogen-bond donors (Lipinski definition) is 1. The van der Waals surface area contributed by atoms with E-state index in [1.807, 2.05) is 26.0 Å². The monoisotopic (exact) mass is 247 g/mol. The van der Waals surface area contributed by atoms with Crippen LogP contribution in [0.5, 0.6) is 5.75 Å². The van der Waals surface area contributed by atoms with Crippen LogP contribution in [0.4, 0.5) is 0 Å². The van der Waals surface area contributed by atoms with Gasteiger partial charge in [-0.05, 0) is 37.1 Å². The molecule has 0 unspecified atom stereocenters. The highest BCUT2D eigenvalue weighted by molar-refractivity contribution is 5.85. The molecule has 1 heterocycles. The number of oxazole rings is 1. The van der Waals surface area contributed by atoms with Gasteiger partial charge >= 0.3 is 5.97 Å². The summed E-state index contributed by atoms with van der Waals surface area (Å²) in [7, 11) is 1.61. The average molecular weight is 247 g/mol. The van der Waals surface area contributed by atoms with E-state index in [0.29, 0.717) is 5.89 Å². The largest absolute Gasteiger partial charge is 0.496 e. The van der Waals surface area contributed by atoms with Gasteiger partial charge in [0.2, 0.25) is 5.89 Å². The molecule has 0 aliphatic heterocycles. The third-order valence-electron chi connectivity index (χ3n) is 2.70.